The van der Waals surface area contributed by atoms with Crippen molar-refractivity contribution in [2.45, 2.75) is 6.92 Å². The molecular formula is C12H11NO2S. The zero-order valence-electron chi connectivity index (χ0n) is 8.82. The van der Waals surface area contributed by atoms with E-state index in [0.717, 1.165) is 5.56 Å². The van der Waals surface area contributed by atoms with Crippen LogP contribution in [0.15, 0.2) is 35.4 Å². The molecule has 1 heterocycles. The molecule has 1 aliphatic heterocycles. The molecule has 1 N–H and O–H groups in total. The van der Waals surface area contributed by atoms with Crippen LogP contribution in [-0.4, -0.2) is 17.4 Å². The molecule has 0 saturated carbocycles. The number of aryl methyl sites for hydroxylation is 1. The zero-order valence-corrected chi connectivity index (χ0v) is 9.64. The molecule has 0 unspecified atom stereocenters. The van der Waals surface area contributed by atoms with Crippen LogP contribution < -0.4 is 5.32 Å². The molecule has 1 aromatic rings. The van der Waals surface area contributed by atoms with E-state index in [9.17, 15) is 9.59 Å². The molecule has 1 saturated heterocycles. The third-order valence-electron chi connectivity index (χ3n) is 2.22. The van der Waals surface area contributed by atoms with Gasteiger partial charge in [0, 0.05) is 11.6 Å². The molecule has 0 aromatic heterocycles. The fourth-order valence-electron chi connectivity index (χ4n) is 1.35. The molecule has 2 rings (SSSR count). The highest BCUT2D eigenvalue weighted by Gasteiger charge is 2.16. The van der Waals surface area contributed by atoms with Gasteiger partial charge in [0.1, 0.15) is 0 Å². The summed E-state index contributed by atoms with van der Waals surface area (Å²) in [5, 5.41) is 3.26. The van der Waals surface area contributed by atoms with E-state index >= 15 is 0 Å². The number of amides is 1. The molecule has 1 aromatic carbocycles. The molecule has 0 bridgehead atoms. The lowest BCUT2D eigenvalue weighted by Crippen LogP contribution is -2.14. The number of nitrogens with one attached hydrogen (secondary N) is 1. The molecule has 0 atom stereocenters. The summed E-state index contributed by atoms with van der Waals surface area (Å²) in [7, 11) is 0. The van der Waals surface area contributed by atoms with Crippen molar-refractivity contribution in [1.82, 2.24) is 5.32 Å². The van der Waals surface area contributed by atoms with Crippen LogP contribution in [0.3, 0.4) is 0 Å². The highest BCUT2D eigenvalue weighted by Crippen LogP contribution is 2.19. The van der Waals surface area contributed by atoms with Crippen LogP contribution in [0.5, 0.6) is 0 Å². The lowest BCUT2D eigenvalue weighted by Gasteiger charge is -1.98. The lowest BCUT2D eigenvalue weighted by molar-refractivity contribution is -0.117. The number of ketones is 1. The SMILES string of the molecule is Cc1ccc(C(=O)/C=C2\NC(=O)CS2)cc1. The van der Waals surface area contributed by atoms with E-state index in [1.807, 2.05) is 19.1 Å². The van der Waals surface area contributed by atoms with E-state index in [0.29, 0.717) is 16.3 Å². The van der Waals surface area contributed by atoms with Crippen molar-refractivity contribution in [3.05, 3.63) is 46.5 Å². The average Bonchev–Trinajstić information content (AvgIpc) is 2.65. The van der Waals surface area contributed by atoms with Crippen molar-refractivity contribution in [3.63, 3.8) is 0 Å². The molecule has 3 nitrogen and oxygen atoms in total. The molecule has 0 spiro atoms. The van der Waals surface area contributed by atoms with E-state index in [1.165, 1.54) is 17.8 Å². The van der Waals surface area contributed by atoms with E-state index in [-0.39, 0.29) is 11.7 Å². The monoisotopic (exact) mass is 233 g/mol. The Kier molecular flexibility index (Phi) is 3.10. The van der Waals surface area contributed by atoms with E-state index in [1.54, 1.807) is 12.1 Å². The van der Waals surface area contributed by atoms with Gasteiger partial charge >= 0.3 is 0 Å². The molecule has 82 valence electrons. The van der Waals surface area contributed by atoms with Gasteiger partial charge in [-0.2, -0.15) is 0 Å². The van der Waals surface area contributed by atoms with E-state index < -0.39 is 0 Å². The van der Waals surface area contributed by atoms with E-state index in [4.69, 9.17) is 0 Å². The third kappa shape index (κ3) is 2.52. The minimum Gasteiger partial charge on any atom is -0.320 e. The predicted molar refractivity (Wildman–Crippen MR) is 64.2 cm³/mol. The van der Waals surface area contributed by atoms with Gasteiger partial charge in [0.15, 0.2) is 5.78 Å². The number of hydrogen-bond acceptors (Lipinski definition) is 3. The Bertz CT molecular complexity index is 462. The topological polar surface area (TPSA) is 46.2 Å². The van der Waals surface area contributed by atoms with Crippen molar-refractivity contribution in [2.24, 2.45) is 0 Å². The van der Waals surface area contributed by atoms with Crippen LogP contribution in [0, 0.1) is 6.92 Å². The summed E-state index contributed by atoms with van der Waals surface area (Å²) in [6.45, 7) is 1.97. The van der Waals surface area contributed by atoms with Crippen LogP contribution in [0.25, 0.3) is 0 Å². The summed E-state index contributed by atoms with van der Waals surface area (Å²) >= 11 is 1.36. The molecule has 1 fully saturated rings. The Morgan fingerprint density at radius 2 is 2.06 bits per heavy atom. The maximum absolute atomic E-state index is 11.8. The smallest absolute Gasteiger partial charge is 0.235 e. The minimum atomic E-state index is -0.0790. The van der Waals surface area contributed by atoms with Crippen molar-refractivity contribution in [1.29, 1.82) is 0 Å². The standard InChI is InChI=1S/C12H11NO2S/c1-8-2-4-9(5-3-8)10(14)6-12-13-11(15)7-16-12/h2-6H,7H2,1H3,(H,13,15)/b12-6+. The number of hydrogen-bond donors (Lipinski definition) is 1. The van der Waals surface area contributed by atoms with Gasteiger partial charge in [-0.15, -0.1) is 0 Å². The van der Waals surface area contributed by atoms with Crippen LogP contribution in [0.1, 0.15) is 15.9 Å². The first-order chi connectivity index (χ1) is 7.65. The molecule has 16 heavy (non-hydrogen) atoms. The van der Waals surface area contributed by atoms with Crippen molar-refractivity contribution in [3.8, 4) is 0 Å². The Labute approximate surface area is 97.9 Å². The Morgan fingerprint density at radius 3 is 2.62 bits per heavy atom. The summed E-state index contributed by atoms with van der Waals surface area (Å²) in [5.74, 6) is 0.269. The summed E-state index contributed by atoms with van der Waals surface area (Å²) in [5.41, 5.74) is 1.76. The lowest BCUT2D eigenvalue weighted by atomic mass is 10.1. The average molecular weight is 233 g/mol. The number of rotatable bonds is 2. The summed E-state index contributed by atoms with van der Waals surface area (Å²) < 4.78 is 0. The minimum absolute atomic E-state index is 0.0482. The Hall–Kier alpha value is -1.55. The zero-order chi connectivity index (χ0) is 11.5. The molecule has 1 aliphatic rings. The second-order valence-corrected chi connectivity index (χ2v) is 4.59. The van der Waals surface area contributed by atoms with Crippen LogP contribution in [0.4, 0.5) is 0 Å². The van der Waals surface area contributed by atoms with Gasteiger partial charge in [0.05, 0.1) is 10.8 Å². The van der Waals surface area contributed by atoms with Gasteiger partial charge in [-0.05, 0) is 6.92 Å². The number of thioether (sulfide) groups is 1. The van der Waals surface area contributed by atoms with Crippen molar-refractivity contribution < 1.29 is 9.59 Å². The number of carbonyl (C=O) groups excluding carboxylic acids is 2. The number of carbonyl (C=O) groups is 2. The van der Waals surface area contributed by atoms with Crippen molar-refractivity contribution >= 4 is 23.5 Å². The predicted octanol–water partition coefficient (Wildman–Crippen LogP) is 1.88. The second kappa shape index (κ2) is 4.53. The molecule has 4 heteroatoms. The highest BCUT2D eigenvalue weighted by atomic mass is 32.2. The van der Waals surface area contributed by atoms with Gasteiger partial charge in [-0.25, -0.2) is 0 Å². The molecular weight excluding hydrogens is 222 g/mol. The van der Waals surface area contributed by atoms with Crippen LogP contribution in [0.2, 0.25) is 0 Å². The largest absolute Gasteiger partial charge is 0.320 e. The van der Waals surface area contributed by atoms with Gasteiger partial charge in [0.25, 0.3) is 0 Å². The summed E-state index contributed by atoms with van der Waals surface area (Å²) in [6.07, 6.45) is 1.47. The fraction of sp³-hybridized carbons (Fsp3) is 0.167. The number of allylic oxidation sites excluding steroid dienone is 1. The first-order valence-electron chi connectivity index (χ1n) is 4.90. The molecule has 0 aliphatic carbocycles. The van der Waals surface area contributed by atoms with Crippen LogP contribution in [-0.2, 0) is 4.79 Å². The summed E-state index contributed by atoms with van der Waals surface area (Å²) in [6, 6.07) is 7.37. The maximum atomic E-state index is 11.8. The Balaban J connectivity index is 2.14. The quantitative estimate of drug-likeness (QED) is 0.626. The first kappa shape index (κ1) is 11.0. The van der Waals surface area contributed by atoms with Gasteiger partial charge < -0.3 is 5.32 Å². The second-order valence-electron chi connectivity index (χ2n) is 3.58. The van der Waals surface area contributed by atoms with Crippen LogP contribution >= 0.6 is 11.8 Å². The van der Waals surface area contributed by atoms with Gasteiger partial charge in [-0.3, -0.25) is 9.59 Å². The maximum Gasteiger partial charge on any atom is 0.235 e. The molecule has 1 amide bonds. The van der Waals surface area contributed by atoms with Crippen molar-refractivity contribution in [2.75, 3.05) is 5.75 Å². The highest BCUT2D eigenvalue weighted by molar-refractivity contribution is 8.04. The van der Waals surface area contributed by atoms with Gasteiger partial charge in [-0.1, -0.05) is 41.6 Å². The Morgan fingerprint density at radius 1 is 1.38 bits per heavy atom. The van der Waals surface area contributed by atoms with E-state index in [2.05, 4.69) is 5.32 Å². The fourth-order valence-corrected chi connectivity index (χ4v) is 2.09. The normalized spacial score (nSPS) is 17.6. The third-order valence-corrected chi connectivity index (χ3v) is 3.16. The van der Waals surface area contributed by atoms with Gasteiger partial charge in [0.2, 0.25) is 5.91 Å². The number of benzene rings is 1. The molecule has 0 radical (unpaired) electrons. The summed E-state index contributed by atoms with van der Waals surface area (Å²) in [4.78, 5) is 22.7. The first-order valence-corrected chi connectivity index (χ1v) is 5.89.